The standard InChI is InChI=1S/C17H18F3NO2/c1-2-7-21-10-14-15(22)8-12(9-16(14)23)11-3-5-13(6-4-11)17(18,19)20/h3-6,10,12,22H,2,7-9H2,1H3. The molecule has 1 N–H and O–H groups in total. The summed E-state index contributed by atoms with van der Waals surface area (Å²) in [7, 11) is 0. The fraction of sp³-hybridized carbons (Fsp3) is 0.412. The lowest BCUT2D eigenvalue weighted by atomic mass is 9.82. The molecule has 0 spiro atoms. The number of ketones is 1. The Balaban J connectivity index is 2.17. The Morgan fingerprint density at radius 2 is 1.91 bits per heavy atom. The van der Waals surface area contributed by atoms with E-state index in [0.29, 0.717) is 12.1 Å². The van der Waals surface area contributed by atoms with Crippen LogP contribution in [0.3, 0.4) is 0 Å². The minimum Gasteiger partial charge on any atom is -0.511 e. The van der Waals surface area contributed by atoms with Crippen LogP contribution in [-0.2, 0) is 11.0 Å². The molecule has 124 valence electrons. The van der Waals surface area contributed by atoms with Gasteiger partial charge in [-0.3, -0.25) is 9.79 Å². The Hall–Kier alpha value is -2.11. The second-order valence-corrected chi connectivity index (χ2v) is 5.54. The van der Waals surface area contributed by atoms with E-state index in [-0.39, 0.29) is 35.9 Å². The van der Waals surface area contributed by atoms with E-state index in [2.05, 4.69) is 4.99 Å². The number of carbonyl (C=O) groups is 1. The summed E-state index contributed by atoms with van der Waals surface area (Å²) in [6, 6.07) is 4.73. The van der Waals surface area contributed by atoms with Crippen LogP contribution in [0.25, 0.3) is 0 Å². The summed E-state index contributed by atoms with van der Waals surface area (Å²) in [5, 5.41) is 10.0. The second kappa shape index (κ2) is 6.98. The van der Waals surface area contributed by atoms with Crippen molar-refractivity contribution in [2.24, 2.45) is 4.99 Å². The third kappa shape index (κ3) is 4.21. The van der Waals surface area contributed by atoms with Gasteiger partial charge in [0.25, 0.3) is 0 Å². The molecule has 1 atom stereocenters. The van der Waals surface area contributed by atoms with E-state index in [1.54, 1.807) is 0 Å². The molecule has 0 bridgehead atoms. The molecular formula is C17H18F3NO2. The average Bonchev–Trinajstić information content (AvgIpc) is 2.49. The SMILES string of the molecule is CCCN=CC1=C(O)CC(c2ccc(C(F)(F)F)cc2)CC1=O. The van der Waals surface area contributed by atoms with Crippen molar-refractivity contribution < 1.29 is 23.1 Å². The Morgan fingerprint density at radius 1 is 1.26 bits per heavy atom. The summed E-state index contributed by atoms with van der Waals surface area (Å²) in [5.74, 6) is -0.599. The largest absolute Gasteiger partial charge is 0.511 e. The number of halogens is 3. The highest BCUT2D eigenvalue weighted by molar-refractivity contribution is 6.14. The molecule has 0 saturated carbocycles. The number of aliphatic hydroxyl groups excluding tert-OH is 1. The number of alkyl halides is 3. The van der Waals surface area contributed by atoms with Crippen molar-refractivity contribution in [3.05, 3.63) is 46.7 Å². The van der Waals surface area contributed by atoms with Crippen LogP contribution in [0.2, 0.25) is 0 Å². The quantitative estimate of drug-likeness (QED) is 0.832. The number of aliphatic hydroxyl groups is 1. The van der Waals surface area contributed by atoms with Gasteiger partial charge in [-0.1, -0.05) is 19.1 Å². The second-order valence-electron chi connectivity index (χ2n) is 5.54. The van der Waals surface area contributed by atoms with Gasteiger partial charge in [0.05, 0.1) is 11.1 Å². The fourth-order valence-electron chi connectivity index (χ4n) is 2.52. The van der Waals surface area contributed by atoms with Crippen LogP contribution in [0.4, 0.5) is 13.2 Å². The summed E-state index contributed by atoms with van der Waals surface area (Å²) in [4.78, 5) is 16.2. The Labute approximate surface area is 132 Å². The van der Waals surface area contributed by atoms with Crippen molar-refractivity contribution in [1.29, 1.82) is 0 Å². The van der Waals surface area contributed by atoms with Gasteiger partial charge in [0.1, 0.15) is 5.76 Å². The van der Waals surface area contributed by atoms with Gasteiger partial charge in [-0.05, 0) is 30.0 Å². The molecule has 0 aromatic heterocycles. The normalized spacial score (nSPS) is 19.7. The van der Waals surface area contributed by atoms with Gasteiger partial charge in [0, 0.05) is 25.6 Å². The van der Waals surface area contributed by atoms with E-state index in [1.807, 2.05) is 6.92 Å². The molecule has 6 heteroatoms. The molecule has 2 rings (SSSR count). The number of nitrogens with zero attached hydrogens (tertiary/aromatic N) is 1. The third-order valence-corrected chi connectivity index (χ3v) is 3.77. The summed E-state index contributed by atoms with van der Waals surface area (Å²) in [6.45, 7) is 2.53. The molecule has 1 aliphatic rings. The molecule has 0 radical (unpaired) electrons. The van der Waals surface area contributed by atoms with Crippen molar-refractivity contribution in [3.8, 4) is 0 Å². The van der Waals surface area contributed by atoms with Crippen LogP contribution in [0.5, 0.6) is 0 Å². The zero-order valence-electron chi connectivity index (χ0n) is 12.7. The number of benzene rings is 1. The highest BCUT2D eigenvalue weighted by atomic mass is 19.4. The van der Waals surface area contributed by atoms with E-state index in [9.17, 15) is 23.1 Å². The lowest BCUT2D eigenvalue weighted by Crippen LogP contribution is -2.19. The van der Waals surface area contributed by atoms with Gasteiger partial charge >= 0.3 is 6.18 Å². The van der Waals surface area contributed by atoms with Gasteiger partial charge in [0.2, 0.25) is 0 Å². The summed E-state index contributed by atoms with van der Waals surface area (Å²) >= 11 is 0. The molecule has 1 aromatic rings. The molecule has 0 fully saturated rings. The minimum atomic E-state index is -4.38. The van der Waals surface area contributed by atoms with Crippen molar-refractivity contribution in [3.63, 3.8) is 0 Å². The van der Waals surface area contributed by atoms with Gasteiger partial charge in [-0.2, -0.15) is 13.2 Å². The number of aliphatic imine (C=N–C) groups is 1. The van der Waals surface area contributed by atoms with E-state index in [0.717, 1.165) is 18.6 Å². The molecule has 0 aliphatic heterocycles. The van der Waals surface area contributed by atoms with Crippen LogP contribution in [0.15, 0.2) is 40.6 Å². The molecule has 1 unspecified atom stereocenters. The molecule has 1 aromatic carbocycles. The lowest BCUT2D eigenvalue weighted by Gasteiger charge is -2.22. The molecule has 0 amide bonds. The smallest absolute Gasteiger partial charge is 0.416 e. The first-order valence-corrected chi connectivity index (χ1v) is 7.45. The first kappa shape index (κ1) is 17.2. The van der Waals surface area contributed by atoms with Crippen molar-refractivity contribution in [1.82, 2.24) is 0 Å². The highest BCUT2D eigenvalue weighted by Crippen LogP contribution is 2.35. The predicted octanol–water partition coefficient (Wildman–Crippen LogP) is 4.44. The average molecular weight is 325 g/mol. The van der Waals surface area contributed by atoms with E-state index < -0.39 is 11.7 Å². The fourth-order valence-corrected chi connectivity index (χ4v) is 2.52. The Kier molecular flexibility index (Phi) is 5.23. The van der Waals surface area contributed by atoms with Gasteiger partial charge in [-0.25, -0.2) is 0 Å². The molecule has 23 heavy (non-hydrogen) atoms. The predicted molar refractivity (Wildman–Crippen MR) is 81.7 cm³/mol. The maximum absolute atomic E-state index is 12.6. The number of rotatable bonds is 4. The summed E-state index contributed by atoms with van der Waals surface area (Å²) < 4.78 is 37.7. The van der Waals surface area contributed by atoms with Crippen LogP contribution in [0.1, 0.15) is 43.2 Å². The highest BCUT2D eigenvalue weighted by Gasteiger charge is 2.31. The number of carbonyl (C=O) groups excluding carboxylic acids is 1. The molecular weight excluding hydrogens is 307 g/mol. The van der Waals surface area contributed by atoms with E-state index in [4.69, 9.17) is 0 Å². The summed E-state index contributed by atoms with van der Waals surface area (Å²) in [6.07, 6.45) is -1.77. The maximum atomic E-state index is 12.6. The maximum Gasteiger partial charge on any atom is 0.416 e. The zero-order valence-corrected chi connectivity index (χ0v) is 12.7. The van der Waals surface area contributed by atoms with Crippen molar-refractivity contribution in [2.75, 3.05) is 6.54 Å². The number of hydrogen-bond acceptors (Lipinski definition) is 3. The monoisotopic (exact) mass is 325 g/mol. The van der Waals surface area contributed by atoms with E-state index >= 15 is 0 Å². The molecule has 3 nitrogen and oxygen atoms in total. The van der Waals surface area contributed by atoms with Crippen LogP contribution < -0.4 is 0 Å². The molecule has 1 aliphatic carbocycles. The molecule has 0 heterocycles. The zero-order chi connectivity index (χ0) is 17.0. The van der Waals surface area contributed by atoms with Crippen LogP contribution in [-0.4, -0.2) is 23.6 Å². The van der Waals surface area contributed by atoms with Gasteiger partial charge in [0.15, 0.2) is 5.78 Å². The van der Waals surface area contributed by atoms with Crippen LogP contribution in [0, 0.1) is 0 Å². The van der Waals surface area contributed by atoms with Gasteiger partial charge < -0.3 is 5.11 Å². The van der Waals surface area contributed by atoms with Gasteiger partial charge in [-0.15, -0.1) is 0 Å². The third-order valence-electron chi connectivity index (χ3n) is 3.77. The first-order valence-electron chi connectivity index (χ1n) is 7.45. The first-order chi connectivity index (χ1) is 10.8. The Morgan fingerprint density at radius 3 is 2.43 bits per heavy atom. The molecule has 0 saturated heterocycles. The van der Waals surface area contributed by atoms with Crippen molar-refractivity contribution in [2.45, 2.75) is 38.3 Å². The Bertz CT molecular complexity index is 630. The van der Waals surface area contributed by atoms with Crippen LogP contribution >= 0.6 is 0 Å². The number of Topliss-reactive ketones (excluding diaryl/α,β-unsaturated/α-hetero) is 1. The lowest BCUT2D eigenvalue weighted by molar-refractivity contribution is -0.137. The number of allylic oxidation sites excluding steroid dienone is 2. The number of hydrogen-bond donors (Lipinski definition) is 1. The summed E-state index contributed by atoms with van der Waals surface area (Å²) in [5.41, 5.74) is 0.0968. The minimum absolute atomic E-state index is 0.0500. The van der Waals surface area contributed by atoms with E-state index in [1.165, 1.54) is 18.3 Å². The topological polar surface area (TPSA) is 49.7 Å². The van der Waals surface area contributed by atoms with Crippen molar-refractivity contribution >= 4 is 12.0 Å².